The van der Waals surface area contributed by atoms with E-state index in [4.69, 9.17) is 4.74 Å². The van der Waals surface area contributed by atoms with Gasteiger partial charge in [0.1, 0.15) is 17.4 Å². The summed E-state index contributed by atoms with van der Waals surface area (Å²) in [4.78, 5) is 6.95. The maximum absolute atomic E-state index is 5.33. The van der Waals surface area contributed by atoms with E-state index in [1.54, 1.807) is 7.11 Å². The Bertz CT molecular complexity index is 602. The average molecular weight is 300 g/mol. The molecule has 0 radical (unpaired) electrons. The van der Waals surface area contributed by atoms with Crippen LogP contribution in [0.15, 0.2) is 24.3 Å². The lowest BCUT2D eigenvalue weighted by molar-refractivity contribution is 0.200. The first-order valence-electron chi connectivity index (χ1n) is 8.05. The molecular formula is C17H24N4O. The number of nitrogens with one attached hydrogen (secondary N) is 1. The summed E-state index contributed by atoms with van der Waals surface area (Å²) in [6.07, 6.45) is 3.25. The Balaban J connectivity index is 1.55. The van der Waals surface area contributed by atoms with Gasteiger partial charge in [-0.2, -0.15) is 5.10 Å². The number of aromatic nitrogens is 3. The quantitative estimate of drug-likeness (QED) is 0.922. The van der Waals surface area contributed by atoms with Gasteiger partial charge in [-0.1, -0.05) is 19.1 Å². The van der Waals surface area contributed by atoms with Gasteiger partial charge in [0.25, 0.3) is 0 Å². The van der Waals surface area contributed by atoms with Crippen LogP contribution in [0.3, 0.4) is 0 Å². The summed E-state index contributed by atoms with van der Waals surface area (Å²) < 4.78 is 5.33. The molecule has 0 bridgehead atoms. The van der Waals surface area contributed by atoms with Gasteiger partial charge < -0.3 is 4.74 Å². The largest absolute Gasteiger partial charge is 0.497 e. The van der Waals surface area contributed by atoms with E-state index in [1.807, 2.05) is 6.07 Å². The number of H-pyrrole nitrogens is 1. The minimum atomic E-state index is 0.632. The van der Waals surface area contributed by atoms with Gasteiger partial charge in [0, 0.05) is 6.42 Å². The van der Waals surface area contributed by atoms with E-state index in [2.05, 4.69) is 45.2 Å². The van der Waals surface area contributed by atoms with Crippen molar-refractivity contribution in [2.24, 2.45) is 0 Å². The molecule has 5 nitrogen and oxygen atoms in total. The summed E-state index contributed by atoms with van der Waals surface area (Å²) in [6.45, 7) is 5.15. The average Bonchev–Trinajstić information content (AvgIpc) is 3.03. The maximum Gasteiger partial charge on any atom is 0.150 e. The lowest BCUT2D eigenvalue weighted by Gasteiger charge is -2.31. The second-order valence-corrected chi connectivity index (χ2v) is 5.88. The fraction of sp³-hybridized carbons (Fsp3) is 0.529. The standard InChI is InChI=1S/C17H24N4O/c1-3-16-18-17(20-19-16)12-21-9-7-13(8-10-21)14-5-4-6-15(11-14)22-2/h4-6,11,13H,3,7-10,12H2,1-2H3,(H,18,19,20). The van der Waals surface area contributed by atoms with Crippen LogP contribution in [0, 0.1) is 0 Å². The first-order valence-corrected chi connectivity index (χ1v) is 8.05. The zero-order chi connectivity index (χ0) is 15.4. The Hall–Kier alpha value is -1.88. The van der Waals surface area contributed by atoms with Gasteiger partial charge in [-0.05, 0) is 49.5 Å². The summed E-state index contributed by atoms with van der Waals surface area (Å²) in [7, 11) is 1.73. The lowest BCUT2D eigenvalue weighted by atomic mass is 9.89. The highest BCUT2D eigenvalue weighted by Gasteiger charge is 2.21. The van der Waals surface area contributed by atoms with E-state index in [0.29, 0.717) is 5.92 Å². The highest BCUT2D eigenvalue weighted by Crippen LogP contribution is 2.30. The molecule has 1 N–H and O–H groups in total. The molecule has 0 amide bonds. The van der Waals surface area contributed by atoms with Crippen molar-refractivity contribution < 1.29 is 4.74 Å². The molecule has 118 valence electrons. The Morgan fingerprint density at radius 1 is 1.32 bits per heavy atom. The summed E-state index contributed by atoms with van der Waals surface area (Å²) in [5.41, 5.74) is 1.40. The summed E-state index contributed by atoms with van der Waals surface area (Å²) in [6, 6.07) is 8.48. The second kappa shape index (κ2) is 6.92. The number of aryl methyl sites for hydroxylation is 1. The SMILES string of the molecule is CCc1n[nH]c(CN2CCC(c3cccc(OC)c3)CC2)n1. The van der Waals surface area contributed by atoms with Crippen LogP contribution < -0.4 is 4.74 Å². The number of rotatable bonds is 5. The van der Waals surface area contributed by atoms with Gasteiger partial charge in [-0.25, -0.2) is 4.98 Å². The van der Waals surface area contributed by atoms with Gasteiger partial charge in [-0.15, -0.1) is 0 Å². The molecule has 1 aromatic carbocycles. The van der Waals surface area contributed by atoms with Crippen molar-refractivity contribution in [3.05, 3.63) is 41.5 Å². The molecule has 0 unspecified atom stereocenters. The second-order valence-electron chi connectivity index (χ2n) is 5.88. The highest BCUT2D eigenvalue weighted by atomic mass is 16.5. The zero-order valence-corrected chi connectivity index (χ0v) is 13.4. The minimum absolute atomic E-state index is 0.632. The Morgan fingerprint density at radius 3 is 2.82 bits per heavy atom. The Kier molecular flexibility index (Phi) is 4.73. The molecule has 0 saturated carbocycles. The topological polar surface area (TPSA) is 54.0 Å². The van der Waals surface area contributed by atoms with Crippen molar-refractivity contribution in [2.75, 3.05) is 20.2 Å². The fourth-order valence-electron chi connectivity index (χ4n) is 3.10. The molecule has 2 heterocycles. The minimum Gasteiger partial charge on any atom is -0.497 e. The number of nitrogens with zero attached hydrogens (tertiary/aromatic N) is 3. The Labute approximate surface area is 131 Å². The van der Waals surface area contributed by atoms with Gasteiger partial charge in [-0.3, -0.25) is 10.00 Å². The molecule has 2 aromatic rings. The van der Waals surface area contributed by atoms with Crippen LogP contribution in [0.1, 0.15) is 42.9 Å². The monoisotopic (exact) mass is 300 g/mol. The number of hydrogen-bond donors (Lipinski definition) is 1. The maximum atomic E-state index is 5.33. The van der Waals surface area contributed by atoms with E-state index in [9.17, 15) is 0 Å². The molecule has 1 aliphatic rings. The van der Waals surface area contributed by atoms with Gasteiger partial charge >= 0.3 is 0 Å². The molecule has 1 aromatic heterocycles. The number of benzene rings is 1. The predicted octanol–water partition coefficient (Wildman–Crippen LogP) is 2.76. The van der Waals surface area contributed by atoms with Crippen molar-refractivity contribution in [1.82, 2.24) is 20.1 Å². The van der Waals surface area contributed by atoms with Crippen LogP contribution >= 0.6 is 0 Å². The third kappa shape index (κ3) is 3.47. The van der Waals surface area contributed by atoms with Crippen LogP contribution in [0.4, 0.5) is 0 Å². The molecule has 0 aliphatic carbocycles. The normalized spacial score (nSPS) is 16.8. The molecule has 1 fully saturated rings. The number of piperidine rings is 1. The number of methoxy groups -OCH3 is 1. The molecule has 1 aliphatic heterocycles. The van der Waals surface area contributed by atoms with Crippen LogP contribution in [-0.2, 0) is 13.0 Å². The highest BCUT2D eigenvalue weighted by molar-refractivity contribution is 5.31. The molecule has 3 rings (SSSR count). The van der Waals surface area contributed by atoms with E-state index in [0.717, 1.165) is 43.5 Å². The van der Waals surface area contributed by atoms with Crippen LogP contribution in [0.25, 0.3) is 0 Å². The van der Waals surface area contributed by atoms with Gasteiger partial charge in [0.2, 0.25) is 0 Å². The third-order valence-corrected chi connectivity index (χ3v) is 4.42. The fourth-order valence-corrected chi connectivity index (χ4v) is 3.10. The van der Waals surface area contributed by atoms with Crippen molar-refractivity contribution >= 4 is 0 Å². The predicted molar refractivity (Wildman–Crippen MR) is 86.0 cm³/mol. The van der Waals surface area contributed by atoms with Crippen LogP contribution in [0.2, 0.25) is 0 Å². The van der Waals surface area contributed by atoms with Crippen molar-refractivity contribution in [3.8, 4) is 5.75 Å². The van der Waals surface area contributed by atoms with Gasteiger partial charge in [0.05, 0.1) is 13.7 Å². The molecule has 0 spiro atoms. The first-order chi connectivity index (χ1) is 10.8. The van der Waals surface area contributed by atoms with Crippen LogP contribution in [0.5, 0.6) is 5.75 Å². The molecule has 1 saturated heterocycles. The Morgan fingerprint density at radius 2 is 2.14 bits per heavy atom. The van der Waals surface area contributed by atoms with Gasteiger partial charge in [0.15, 0.2) is 0 Å². The summed E-state index contributed by atoms with van der Waals surface area (Å²) in [5, 5.41) is 7.25. The van der Waals surface area contributed by atoms with Crippen molar-refractivity contribution in [2.45, 2.75) is 38.6 Å². The smallest absolute Gasteiger partial charge is 0.150 e. The third-order valence-electron chi connectivity index (χ3n) is 4.42. The molecule has 5 heteroatoms. The molecular weight excluding hydrogens is 276 g/mol. The molecule has 0 atom stereocenters. The number of aromatic amines is 1. The summed E-state index contributed by atoms with van der Waals surface area (Å²) >= 11 is 0. The number of hydrogen-bond acceptors (Lipinski definition) is 4. The molecule has 22 heavy (non-hydrogen) atoms. The zero-order valence-electron chi connectivity index (χ0n) is 13.4. The van der Waals surface area contributed by atoms with E-state index in [1.165, 1.54) is 18.4 Å². The lowest BCUT2D eigenvalue weighted by Crippen LogP contribution is -2.32. The van der Waals surface area contributed by atoms with E-state index >= 15 is 0 Å². The van der Waals surface area contributed by atoms with Crippen molar-refractivity contribution in [1.29, 1.82) is 0 Å². The van der Waals surface area contributed by atoms with Crippen LogP contribution in [-0.4, -0.2) is 40.3 Å². The van der Waals surface area contributed by atoms with Crippen molar-refractivity contribution in [3.63, 3.8) is 0 Å². The van der Waals surface area contributed by atoms with E-state index in [-0.39, 0.29) is 0 Å². The first kappa shape index (κ1) is 15.0. The summed E-state index contributed by atoms with van der Waals surface area (Å²) in [5.74, 6) is 3.47. The number of likely N-dealkylation sites (tertiary alicyclic amines) is 1. The van der Waals surface area contributed by atoms with E-state index < -0.39 is 0 Å². The number of ether oxygens (including phenoxy) is 1.